The average molecular weight is 254 g/mol. The lowest BCUT2D eigenvalue weighted by molar-refractivity contribution is -0.104. The third kappa shape index (κ3) is 2.34. The van der Waals surface area contributed by atoms with Crippen LogP contribution in [0.15, 0.2) is 0 Å². The molecule has 18 heavy (non-hydrogen) atoms. The highest BCUT2D eigenvalue weighted by atomic mass is 16.6. The van der Waals surface area contributed by atoms with Crippen molar-refractivity contribution in [2.75, 3.05) is 13.2 Å². The molecule has 3 saturated carbocycles. The quantitative estimate of drug-likeness (QED) is 0.739. The van der Waals surface area contributed by atoms with Crippen molar-refractivity contribution in [2.45, 2.75) is 62.8 Å². The summed E-state index contributed by atoms with van der Waals surface area (Å²) in [6.07, 6.45) is 3.19. The van der Waals surface area contributed by atoms with Crippen LogP contribution in [0.1, 0.15) is 40.0 Å². The zero-order valence-corrected chi connectivity index (χ0v) is 11.3. The normalized spacial score (nSPS) is 40.5. The van der Waals surface area contributed by atoms with Crippen molar-refractivity contribution in [1.82, 2.24) is 10.6 Å². The standard InChI is InChI=1S/C13H22N2O3/c1-11(2,3)18-10(16)15-13-6-12(7-13,8-13)14-4-9-5-17-9/h9,14H,4-8H2,1-3H3,(H,15,16). The summed E-state index contributed by atoms with van der Waals surface area (Å²) in [4.78, 5) is 11.7. The van der Waals surface area contributed by atoms with Gasteiger partial charge in [-0.2, -0.15) is 0 Å². The third-order valence-electron chi connectivity index (χ3n) is 3.90. The van der Waals surface area contributed by atoms with Gasteiger partial charge in [0.15, 0.2) is 0 Å². The smallest absolute Gasteiger partial charge is 0.408 e. The van der Waals surface area contributed by atoms with E-state index in [1.54, 1.807) is 0 Å². The first-order chi connectivity index (χ1) is 8.30. The van der Waals surface area contributed by atoms with Crippen molar-refractivity contribution in [3.63, 3.8) is 0 Å². The van der Waals surface area contributed by atoms with E-state index in [2.05, 4.69) is 10.6 Å². The predicted molar refractivity (Wildman–Crippen MR) is 66.4 cm³/mol. The summed E-state index contributed by atoms with van der Waals surface area (Å²) in [5.74, 6) is 0. The molecular formula is C13H22N2O3. The zero-order valence-electron chi connectivity index (χ0n) is 11.3. The lowest BCUT2D eigenvalue weighted by atomic mass is 9.44. The monoisotopic (exact) mass is 254 g/mol. The second-order valence-electron chi connectivity index (χ2n) is 7.05. The summed E-state index contributed by atoms with van der Waals surface area (Å²) >= 11 is 0. The Bertz CT molecular complexity index is 351. The Morgan fingerprint density at radius 2 is 1.94 bits per heavy atom. The summed E-state index contributed by atoms with van der Waals surface area (Å²) < 4.78 is 10.5. The Morgan fingerprint density at radius 3 is 2.44 bits per heavy atom. The van der Waals surface area contributed by atoms with Crippen LogP contribution in [0.2, 0.25) is 0 Å². The van der Waals surface area contributed by atoms with Gasteiger partial charge < -0.3 is 20.1 Å². The second kappa shape index (κ2) is 3.61. The molecule has 1 saturated heterocycles. The van der Waals surface area contributed by atoms with E-state index in [0.717, 1.165) is 32.4 Å². The molecule has 0 radical (unpaired) electrons. The number of hydrogen-bond acceptors (Lipinski definition) is 4. The molecule has 1 unspecified atom stereocenters. The number of nitrogens with one attached hydrogen (secondary N) is 2. The zero-order chi connectivity index (χ0) is 13.0. The van der Waals surface area contributed by atoms with Crippen molar-refractivity contribution >= 4 is 6.09 Å². The lowest BCUT2D eigenvalue weighted by Gasteiger charge is -2.70. The molecule has 0 aromatic rings. The van der Waals surface area contributed by atoms with Gasteiger partial charge in [-0.3, -0.25) is 0 Å². The van der Waals surface area contributed by atoms with Crippen LogP contribution in [0.4, 0.5) is 4.79 Å². The van der Waals surface area contributed by atoms with Crippen molar-refractivity contribution < 1.29 is 14.3 Å². The van der Waals surface area contributed by atoms with Crippen LogP contribution in [0.5, 0.6) is 0 Å². The number of epoxide rings is 1. The molecule has 0 spiro atoms. The van der Waals surface area contributed by atoms with Crippen LogP contribution in [0.25, 0.3) is 0 Å². The van der Waals surface area contributed by atoms with Gasteiger partial charge in [-0.1, -0.05) is 0 Å². The van der Waals surface area contributed by atoms with Crippen molar-refractivity contribution in [1.29, 1.82) is 0 Å². The van der Waals surface area contributed by atoms with E-state index in [-0.39, 0.29) is 17.2 Å². The molecule has 0 aromatic heterocycles. The Kier molecular flexibility index (Phi) is 2.45. The molecule has 2 bridgehead atoms. The van der Waals surface area contributed by atoms with Crippen molar-refractivity contribution in [3.05, 3.63) is 0 Å². The van der Waals surface area contributed by atoms with Crippen LogP contribution >= 0.6 is 0 Å². The maximum absolute atomic E-state index is 11.7. The maximum atomic E-state index is 11.7. The molecule has 102 valence electrons. The number of hydrogen-bond donors (Lipinski definition) is 2. The number of alkyl carbamates (subject to hydrolysis) is 1. The first-order valence-corrected chi connectivity index (χ1v) is 6.68. The fourth-order valence-electron chi connectivity index (χ4n) is 3.14. The average Bonchev–Trinajstić information content (AvgIpc) is 2.86. The topological polar surface area (TPSA) is 62.9 Å². The van der Waals surface area contributed by atoms with E-state index in [0.29, 0.717) is 6.10 Å². The number of amides is 1. The summed E-state index contributed by atoms with van der Waals surface area (Å²) in [5.41, 5.74) is -0.159. The van der Waals surface area contributed by atoms with Crippen LogP contribution in [0.3, 0.4) is 0 Å². The third-order valence-corrected chi connectivity index (χ3v) is 3.90. The van der Waals surface area contributed by atoms with Crippen LogP contribution in [0, 0.1) is 0 Å². The van der Waals surface area contributed by atoms with Gasteiger partial charge in [0.25, 0.3) is 0 Å². The highest BCUT2D eigenvalue weighted by Gasteiger charge is 2.68. The number of carbonyl (C=O) groups is 1. The second-order valence-corrected chi connectivity index (χ2v) is 7.05. The predicted octanol–water partition coefficient (Wildman–Crippen LogP) is 1.17. The van der Waals surface area contributed by atoms with Crippen LogP contribution in [-0.2, 0) is 9.47 Å². The van der Waals surface area contributed by atoms with E-state index in [1.165, 1.54) is 0 Å². The highest BCUT2D eigenvalue weighted by Crippen LogP contribution is 2.60. The molecule has 1 amide bonds. The van der Waals surface area contributed by atoms with Gasteiger partial charge in [0.05, 0.1) is 12.7 Å². The number of rotatable bonds is 4. The molecule has 5 nitrogen and oxygen atoms in total. The Labute approximate surface area is 108 Å². The molecule has 4 aliphatic rings. The van der Waals surface area contributed by atoms with Gasteiger partial charge in [-0.25, -0.2) is 4.79 Å². The molecule has 3 aliphatic carbocycles. The van der Waals surface area contributed by atoms with Crippen LogP contribution < -0.4 is 10.6 Å². The molecule has 4 rings (SSSR count). The van der Waals surface area contributed by atoms with Crippen molar-refractivity contribution in [3.8, 4) is 0 Å². The summed E-state index contributed by atoms with van der Waals surface area (Å²) in [5, 5.41) is 6.56. The minimum atomic E-state index is -0.424. The highest BCUT2D eigenvalue weighted by molar-refractivity contribution is 5.70. The number of ether oxygens (including phenoxy) is 2. The summed E-state index contributed by atoms with van der Waals surface area (Å²) in [6.45, 7) is 7.49. The Balaban J connectivity index is 1.40. The van der Waals surface area contributed by atoms with E-state index in [4.69, 9.17) is 9.47 Å². The molecule has 1 aliphatic heterocycles. The van der Waals surface area contributed by atoms with Gasteiger partial charge in [0, 0.05) is 17.6 Å². The molecule has 0 aromatic carbocycles. The lowest BCUT2D eigenvalue weighted by Crippen LogP contribution is -2.83. The fraction of sp³-hybridized carbons (Fsp3) is 0.923. The Hall–Kier alpha value is -0.810. The van der Waals surface area contributed by atoms with E-state index in [1.807, 2.05) is 20.8 Å². The van der Waals surface area contributed by atoms with Gasteiger partial charge in [0.2, 0.25) is 0 Å². The minimum absolute atomic E-state index is 0.000257. The van der Waals surface area contributed by atoms with Crippen molar-refractivity contribution in [2.24, 2.45) is 0 Å². The van der Waals surface area contributed by atoms with Crippen LogP contribution in [-0.4, -0.2) is 42.0 Å². The molecule has 4 fully saturated rings. The molecular weight excluding hydrogens is 232 g/mol. The van der Waals surface area contributed by atoms with Gasteiger partial charge in [-0.05, 0) is 40.0 Å². The first-order valence-electron chi connectivity index (χ1n) is 6.68. The minimum Gasteiger partial charge on any atom is -0.444 e. The maximum Gasteiger partial charge on any atom is 0.408 e. The molecule has 1 atom stereocenters. The van der Waals surface area contributed by atoms with Gasteiger partial charge in [-0.15, -0.1) is 0 Å². The van der Waals surface area contributed by atoms with E-state index < -0.39 is 5.60 Å². The number of carbonyl (C=O) groups excluding carboxylic acids is 1. The Morgan fingerprint density at radius 1 is 1.33 bits per heavy atom. The SMILES string of the molecule is CC(C)(C)OC(=O)NC12CC(NCC3CO3)(C1)C2. The largest absolute Gasteiger partial charge is 0.444 e. The van der Waals surface area contributed by atoms with E-state index in [9.17, 15) is 4.79 Å². The fourth-order valence-corrected chi connectivity index (χ4v) is 3.14. The summed E-state index contributed by atoms with van der Waals surface area (Å²) in [7, 11) is 0. The first kappa shape index (κ1) is 12.2. The van der Waals surface area contributed by atoms with Gasteiger partial charge in [0.1, 0.15) is 5.60 Å². The van der Waals surface area contributed by atoms with E-state index >= 15 is 0 Å². The summed E-state index contributed by atoms with van der Waals surface area (Å²) in [6, 6.07) is 0. The molecule has 2 N–H and O–H groups in total. The molecule has 1 heterocycles. The van der Waals surface area contributed by atoms with Gasteiger partial charge >= 0.3 is 6.09 Å². The molecule has 5 heteroatoms.